The van der Waals surface area contributed by atoms with Crippen LogP contribution in [-0.2, 0) is 35.0 Å². The lowest BCUT2D eigenvalue weighted by Gasteiger charge is -2.18. The first kappa shape index (κ1) is 34.7. The van der Waals surface area contributed by atoms with Crippen molar-refractivity contribution >= 4 is 53.0 Å². The van der Waals surface area contributed by atoms with Crippen LogP contribution in [-0.4, -0.2) is 94.7 Å². The molecule has 2 aromatic carbocycles. The molecule has 0 aliphatic rings. The zero-order valence-corrected chi connectivity index (χ0v) is 24.4. The van der Waals surface area contributed by atoms with Crippen LogP contribution in [0, 0.1) is 0 Å². The number of nitrogens with two attached hydrogens (primary N) is 1. The molecule has 1 atom stereocenters. The van der Waals surface area contributed by atoms with E-state index in [1.165, 1.54) is 6.34 Å². The molecular weight excluding hydrogens is 593 g/mol. The number of aliphatic hydroxyl groups excluding tert-OH is 1. The van der Waals surface area contributed by atoms with E-state index < -0.39 is 30.4 Å². The number of amides is 2. The summed E-state index contributed by atoms with van der Waals surface area (Å²) in [5, 5.41) is 20.6. The highest BCUT2D eigenvalue weighted by Gasteiger charge is 2.23. The van der Waals surface area contributed by atoms with Crippen LogP contribution in [0.25, 0.3) is 0 Å². The number of hydrogen-bond acceptors (Lipinski definition) is 10. The van der Waals surface area contributed by atoms with E-state index in [-0.39, 0.29) is 39.5 Å². The van der Waals surface area contributed by atoms with Crippen LogP contribution in [0.3, 0.4) is 0 Å². The van der Waals surface area contributed by atoms with E-state index in [9.17, 15) is 14.4 Å². The smallest absolute Gasteiger partial charge is 0.329 e. The van der Waals surface area contributed by atoms with Crippen molar-refractivity contribution in [2.45, 2.75) is 12.5 Å². The number of carbonyl (C=O) groups is 3. The number of anilines is 1. The fraction of sp³-hybridized carbons (Fsp3) is 0.407. The molecular formula is C27H35Cl2N5O8. The lowest BCUT2D eigenvalue weighted by Crippen LogP contribution is -2.47. The van der Waals surface area contributed by atoms with Crippen molar-refractivity contribution in [1.82, 2.24) is 10.6 Å². The molecule has 0 aromatic heterocycles. The molecule has 0 spiro atoms. The summed E-state index contributed by atoms with van der Waals surface area (Å²) in [4.78, 5) is 38.1. The van der Waals surface area contributed by atoms with Gasteiger partial charge in [-0.15, -0.1) is 0 Å². The largest absolute Gasteiger partial charge is 0.462 e. The van der Waals surface area contributed by atoms with Crippen molar-refractivity contribution in [3.05, 3.63) is 63.6 Å². The average Bonchev–Trinajstić information content (AvgIpc) is 2.96. The van der Waals surface area contributed by atoms with E-state index in [1.54, 1.807) is 42.5 Å². The van der Waals surface area contributed by atoms with Crippen LogP contribution in [0.4, 0.5) is 5.69 Å². The van der Waals surface area contributed by atoms with Crippen molar-refractivity contribution in [2.75, 3.05) is 64.7 Å². The van der Waals surface area contributed by atoms with E-state index >= 15 is 0 Å². The minimum atomic E-state index is -1.09. The topological polar surface area (TPSA) is 183 Å². The van der Waals surface area contributed by atoms with Crippen LogP contribution in [0.2, 0.25) is 10.0 Å². The number of aliphatic hydroxyl groups is 1. The zero-order valence-electron chi connectivity index (χ0n) is 22.9. The highest BCUT2D eigenvalue weighted by Crippen LogP contribution is 2.20. The van der Waals surface area contributed by atoms with Crippen LogP contribution in [0.15, 0.2) is 47.6 Å². The Morgan fingerprint density at radius 1 is 0.929 bits per heavy atom. The van der Waals surface area contributed by atoms with E-state index in [2.05, 4.69) is 21.1 Å². The van der Waals surface area contributed by atoms with Crippen molar-refractivity contribution in [1.29, 1.82) is 0 Å². The van der Waals surface area contributed by atoms with Crippen LogP contribution in [0.1, 0.15) is 15.9 Å². The molecule has 0 saturated heterocycles. The predicted octanol–water partition coefficient (Wildman–Crippen LogP) is 1.35. The highest BCUT2D eigenvalue weighted by molar-refractivity contribution is 6.34. The SMILES string of the molecule is NN=CNc1cccc(C(=O)NCC(=O)NC(Cc2cc(Cl)cc(Cl)c2)C(=O)OCCOCCOCCOCCO)c1. The first-order valence-corrected chi connectivity index (χ1v) is 13.7. The van der Waals surface area contributed by atoms with Crippen molar-refractivity contribution in [3.8, 4) is 0 Å². The van der Waals surface area contributed by atoms with Crippen LogP contribution in [0.5, 0.6) is 0 Å². The third kappa shape index (κ3) is 14.4. The first-order chi connectivity index (χ1) is 20.3. The molecule has 6 N–H and O–H groups in total. The lowest BCUT2D eigenvalue weighted by molar-refractivity contribution is -0.149. The normalized spacial score (nSPS) is 11.7. The molecule has 1 unspecified atom stereocenters. The van der Waals surface area contributed by atoms with Gasteiger partial charge in [-0.3, -0.25) is 9.59 Å². The molecule has 0 aliphatic heterocycles. The summed E-state index contributed by atoms with van der Waals surface area (Å²) in [5.41, 5.74) is 1.47. The Morgan fingerprint density at radius 2 is 1.57 bits per heavy atom. The lowest BCUT2D eigenvalue weighted by atomic mass is 10.1. The fourth-order valence-corrected chi connectivity index (χ4v) is 4.01. The molecule has 0 radical (unpaired) electrons. The molecule has 2 amide bonds. The Kier molecular flexibility index (Phi) is 16.9. The van der Waals surface area contributed by atoms with Crippen molar-refractivity contribution < 1.29 is 38.4 Å². The Balaban J connectivity index is 1.86. The molecule has 2 rings (SSSR count). The standard InChI is InChI=1S/C27H35Cl2N5O8/c28-21-12-19(13-22(29)16-21)14-24(27(38)42-11-10-41-9-8-40-7-6-39-5-4-35)34-25(36)17-31-26(37)20-2-1-3-23(15-20)32-18-33-30/h1-3,12-13,15-16,18,24,35H,4-11,14,17,30H2,(H,31,37)(H,32,33)(H,34,36). The Morgan fingerprint density at radius 3 is 2.21 bits per heavy atom. The van der Waals surface area contributed by atoms with Crippen molar-refractivity contribution in [3.63, 3.8) is 0 Å². The number of halogens is 2. The van der Waals surface area contributed by atoms with Gasteiger partial charge in [-0.2, -0.15) is 5.10 Å². The quantitative estimate of drug-likeness (QED) is 0.0358. The molecule has 2 aromatic rings. The van der Waals surface area contributed by atoms with Crippen molar-refractivity contribution in [2.24, 2.45) is 10.9 Å². The molecule has 0 bridgehead atoms. The second-order valence-corrected chi connectivity index (χ2v) is 9.39. The molecule has 230 valence electrons. The van der Waals surface area contributed by atoms with Gasteiger partial charge in [-0.05, 0) is 42.0 Å². The first-order valence-electron chi connectivity index (χ1n) is 12.9. The maximum atomic E-state index is 12.9. The number of nitrogens with zero attached hydrogens (tertiary/aromatic N) is 1. The highest BCUT2D eigenvalue weighted by atomic mass is 35.5. The summed E-state index contributed by atoms with van der Waals surface area (Å²) in [5.74, 6) is 3.25. The number of rotatable bonds is 20. The third-order valence-electron chi connectivity index (χ3n) is 5.27. The summed E-state index contributed by atoms with van der Waals surface area (Å²) in [7, 11) is 0. The number of nitrogens with one attached hydrogen (secondary N) is 3. The maximum absolute atomic E-state index is 12.9. The monoisotopic (exact) mass is 627 g/mol. The maximum Gasteiger partial charge on any atom is 0.329 e. The molecule has 0 aliphatic carbocycles. The predicted molar refractivity (Wildman–Crippen MR) is 158 cm³/mol. The van der Waals surface area contributed by atoms with Gasteiger partial charge in [-0.25, -0.2) is 4.79 Å². The summed E-state index contributed by atoms with van der Waals surface area (Å²) in [6.45, 7) is 1.19. The number of benzene rings is 2. The minimum Gasteiger partial charge on any atom is -0.462 e. The van der Waals surface area contributed by atoms with Gasteiger partial charge >= 0.3 is 5.97 Å². The molecule has 0 heterocycles. The van der Waals surface area contributed by atoms with Crippen LogP contribution < -0.4 is 21.8 Å². The van der Waals surface area contributed by atoms with Crippen LogP contribution >= 0.6 is 23.2 Å². The number of hydrogen-bond donors (Lipinski definition) is 5. The Hall–Kier alpha value is -3.46. The molecule has 15 heteroatoms. The second kappa shape index (κ2) is 20.4. The number of ether oxygens (including phenoxy) is 4. The summed E-state index contributed by atoms with van der Waals surface area (Å²) in [6.07, 6.45) is 1.31. The summed E-state index contributed by atoms with van der Waals surface area (Å²) in [6, 6.07) is 10.2. The average molecular weight is 629 g/mol. The van der Waals surface area contributed by atoms with Gasteiger partial charge < -0.3 is 45.8 Å². The van der Waals surface area contributed by atoms with Gasteiger partial charge in [-0.1, -0.05) is 29.3 Å². The number of carbonyl (C=O) groups excluding carboxylic acids is 3. The van der Waals surface area contributed by atoms with E-state index in [1.807, 2.05) is 0 Å². The van der Waals surface area contributed by atoms with E-state index in [0.717, 1.165) is 0 Å². The second-order valence-electron chi connectivity index (χ2n) is 8.52. The number of esters is 1. The Bertz CT molecular complexity index is 1150. The molecule has 0 fully saturated rings. The third-order valence-corrected chi connectivity index (χ3v) is 5.71. The minimum absolute atomic E-state index is 0.0439. The number of hydrazone groups is 1. The van der Waals surface area contributed by atoms with Gasteiger partial charge in [0, 0.05) is 27.7 Å². The zero-order chi connectivity index (χ0) is 30.6. The van der Waals surface area contributed by atoms with Gasteiger partial charge in [0.1, 0.15) is 19.0 Å². The van der Waals surface area contributed by atoms with Gasteiger partial charge in [0.05, 0.1) is 52.8 Å². The van der Waals surface area contributed by atoms with Gasteiger partial charge in [0.2, 0.25) is 5.91 Å². The fourth-order valence-electron chi connectivity index (χ4n) is 3.44. The van der Waals surface area contributed by atoms with Gasteiger partial charge in [0.15, 0.2) is 0 Å². The van der Waals surface area contributed by atoms with E-state index in [4.69, 9.17) is 53.1 Å². The molecule has 13 nitrogen and oxygen atoms in total. The van der Waals surface area contributed by atoms with E-state index in [0.29, 0.717) is 46.7 Å². The summed E-state index contributed by atoms with van der Waals surface area (Å²) < 4.78 is 21.1. The summed E-state index contributed by atoms with van der Waals surface area (Å²) >= 11 is 12.2. The molecule has 42 heavy (non-hydrogen) atoms. The molecule has 0 saturated carbocycles. The Labute approximate surface area is 253 Å². The van der Waals surface area contributed by atoms with Gasteiger partial charge in [0.25, 0.3) is 5.91 Å².